The van der Waals surface area contributed by atoms with Crippen molar-refractivity contribution in [2.45, 2.75) is 25.4 Å². The van der Waals surface area contributed by atoms with Crippen LogP contribution < -0.4 is 4.74 Å². The number of halogens is 1. The third-order valence-electron chi connectivity index (χ3n) is 3.29. The molecule has 0 radical (unpaired) electrons. The number of carbonyl (C=O) groups is 1. The van der Waals surface area contributed by atoms with Gasteiger partial charge in [-0.1, -0.05) is 41.9 Å². The zero-order chi connectivity index (χ0) is 13.9. The molecule has 1 aliphatic rings. The highest BCUT2D eigenvalue weighted by molar-refractivity contribution is 6.31. The molecule has 2 aromatic rings. The lowest BCUT2D eigenvalue weighted by atomic mass is 10.0. The minimum atomic E-state index is 0.0550. The monoisotopic (exact) mass is 286 g/mol. The molecule has 0 N–H and O–H groups in total. The van der Waals surface area contributed by atoms with Crippen molar-refractivity contribution in [1.29, 1.82) is 0 Å². The Morgan fingerprint density at radius 2 is 1.95 bits per heavy atom. The number of rotatable bonds is 5. The Hall–Kier alpha value is -1.80. The Kier molecular flexibility index (Phi) is 3.75. The Labute approximate surface area is 123 Å². The van der Waals surface area contributed by atoms with Crippen molar-refractivity contribution in [1.82, 2.24) is 0 Å². The quantitative estimate of drug-likeness (QED) is 0.766. The number of hydrogen-bond acceptors (Lipinski definition) is 2. The van der Waals surface area contributed by atoms with Gasteiger partial charge in [-0.05, 0) is 36.6 Å². The zero-order valence-electron chi connectivity index (χ0n) is 11.0. The number of carbonyl (C=O) groups excluding carboxylic acids is 1. The maximum absolute atomic E-state index is 12.3. The molecule has 2 nitrogen and oxygen atoms in total. The molecule has 3 heteroatoms. The van der Waals surface area contributed by atoms with Crippen LogP contribution in [0.2, 0.25) is 5.02 Å². The average Bonchev–Trinajstić information content (AvgIpc) is 3.25. The largest absolute Gasteiger partial charge is 0.490 e. The molecule has 2 aromatic carbocycles. The van der Waals surface area contributed by atoms with E-state index in [0.29, 0.717) is 23.1 Å². The van der Waals surface area contributed by atoms with Gasteiger partial charge in [0.25, 0.3) is 0 Å². The predicted molar refractivity (Wildman–Crippen MR) is 79.6 cm³/mol. The van der Waals surface area contributed by atoms with E-state index in [1.54, 1.807) is 6.07 Å². The third-order valence-corrected chi connectivity index (χ3v) is 3.66. The summed E-state index contributed by atoms with van der Waals surface area (Å²) in [6, 6.07) is 14.8. The van der Waals surface area contributed by atoms with Crippen molar-refractivity contribution in [3.63, 3.8) is 0 Å². The van der Waals surface area contributed by atoms with E-state index >= 15 is 0 Å². The van der Waals surface area contributed by atoms with Gasteiger partial charge in [-0.15, -0.1) is 0 Å². The second-order valence-electron chi connectivity index (χ2n) is 5.04. The van der Waals surface area contributed by atoms with Crippen LogP contribution in [-0.4, -0.2) is 11.9 Å². The molecule has 1 aliphatic carbocycles. The molecule has 102 valence electrons. The van der Waals surface area contributed by atoms with Crippen LogP contribution in [0, 0.1) is 0 Å². The molecule has 1 fully saturated rings. The summed E-state index contributed by atoms with van der Waals surface area (Å²) in [6.45, 7) is 0. The predicted octanol–water partition coefficient (Wildman–Crippen LogP) is 4.31. The molecule has 0 amide bonds. The molecule has 0 aromatic heterocycles. The topological polar surface area (TPSA) is 26.3 Å². The van der Waals surface area contributed by atoms with Crippen molar-refractivity contribution in [2.75, 3.05) is 0 Å². The van der Waals surface area contributed by atoms with Gasteiger partial charge >= 0.3 is 0 Å². The van der Waals surface area contributed by atoms with Crippen LogP contribution in [0.4, 0.5) is 0 Å². The molecule has 0 unspecified atom stereocenters. The molecule has 3 rings (SSSR count). The lowest BCUT2D eigenvalue weighted by Gasteiger charge is -2.07. The van der Waals surface area contributed by atoms with Crippen molar-refractivity contribution in [3.8, 4) is 5.75 Å². The van der Waals surface area contributed by atoms with Gasteiger partial charge in [0.15, 0.2) is 5.78 Å². The molecular weight excluding hydrogens is 272 g/mol. The summed E-state index contributed by atoms with van der Waals surface area (Å²) in [5.74, 6) is 0.830. The molecule has 0 heterocycles. The van der Waals surface area contributed by atoms with Crippen molar-refractivity contribution in [2.24, 2.45) is 0 Å². The fourth-order valence-electron chi connectivity index (χ4n) is 2.04. The molecule has 1 saturated carbocycles. The molecule has 0 saturated heterocycles. The van der Waals surface area contributed by atoms with E-state index in [1.165, 1.54) is 0 Å². The van der Waals surface area contributed by atoms with Gasteiger partial charge in [0.2, 0.25) is 0 Å². The first-order valence-corrected chi connectivity index (χ1v) is 7.13. The Morgan fingerprint density at radius 3 is 2.70 bits per heavy atom. The molecule has 0 aliphatic heterocycles. The van der Waals surface area contributed by atoms with Crippen molar-refractivity contribution < 1.29 is 9.53 Å². The minimum absolute atomic E-state index is 0.0550. The van der Waals surface area contributed by atoms with Gasteiger partial charge in [0, 0.05) is 17.0 Å². The van der Waals surface area contributed by atoms with E-state index in [0.717, 1.165) is 24.2 Å². The summed E-state index contributed by atoms with van der Waals surface area (Å²) < 4.78 is 5.71. The van der Waals surface area contributed by atoms with Crippen LogP contribution in [0.25, 0.3) is 0 Å². The second-order valence-corrected chi connectivity index (χ2v) is 5.44. The number of ether oxygens (including phenoxy) is 1. The van der Waals surface area contributed by atoms with Gasteiger partial charge in [0.1, 0.15) is 5.75 Å². The molecule has 0 bridgehead atoms. The van der Waals surface area contributed by atoms with E-state index in [2.05, 4.69) is 0 Å². The van der Waals surface area contributed by atoms with E-state index in [9.17, 15) is 4.79 Å². The number of ketones is 1. The molecule has 20 heavy (non-hydrogen) atoms. The summed E-state index contributed by atoms with van der Waals surface area (Å²) in [7, 11) is 0. The second kappa shape index (κ2) is 5.68. The van der Waals surface area contributed by atoms with Gasteiger partial charge in [-0.2, -0.15) is 0 Å². The Morgan fingerprint density at radius 1 is 1.15 bits per heavy atom. The summed E-state index contributed by atoms with van der Waals surface area (Å²) >= 11 is 6.09. The van der Waals surface area contributed by atoms with Crippen molar-refractivity contribution >= 4 is 17.4 Å². The fraction of sp³-hybridized carbons (Fsp3) is 0.235. The lowest BCUT2D eigenvalue weighted by molar-refractivity contribution is 0.0992. The van der Waals surface area contributed by atoms with Crippen LogP contribution in [0.1, 0.15) is 28.8 Å². The Balaban J connectivity index is 1.74. The number of Topliss-reactive ketones (excluding diaryl/α,β-unsaturated/α-hetero) is 1. The molecule has 0 spiro atoms. The zero-order valence-corrected chi connectivity index (χ0v) is 11.8. The van der Waals surface area contributed by atoms with Gasteiger partial charge in [0.05, 0.1) is 6.10 Å². The first-order chi connectivity index (χ1) is 9.72. The maximum atomic E-state index is 12.3. The fourth-order valence-corrected chi connectivity index (χ4v) is 2.24. The molecule has 0 atom stereocenters. The van der Waals surface area contributed by atoms with Gasteiger partial charge in [-0.25, -0.2) is 0 Å². The summed E-state index contributed by atoms with van der Waals surface area (Å²) in [6.07, 6.45) is 2.87. The van der Waals surface area contributed by atoms with Gasteiger partial charge < -0.3 is 4.74 Å². The Bertz CT molecular complexity index is 632. The SMILES string of the molecule is O=C(Cc1ccccc1Cl)c1cccc(OC2CC2)c1. The van der Waals surface area contributed by atoms with E-state index in [-0.39, 0.29) is 5.78 Å². The maximum Gasteiger partial charge on any atom is 0.167 e. The summed E-state index contributed by atoms with van der Waals surface area (Å²) in [5, 5.41) is 0.631. The normalized spacial score (nSPS) is 14.1. The molecular formula is C17H15ClO2. The summed E-state index contributed by atoms with van der Waals surface area (Å²) in [4.78, 5) is 12.3. The lowest BCUT2D eigenvalue weighted by Crippen LogP contribution is -2.05. The highest BCUT2D eigenvalue weighted by Gasteiger charge is 2.23. The average molecular weight is 287 g/mol. The van der Waals surface area contributed by atoms with Crippen LogP contribution >= 0.6 is 11.6 Å². The van der Waals surface area contributed by atoms with Crippen molar-refractivity contribution in [3.05, 3.63) is 64.7 Å². The van der Waals surface area contributed by atoms with E-state index < -0.39 is 0 Å². The van der Waals surface area contributed by atoms with Gasteiger partial charge in [-0.3, -0.25) is 4.79 Å². The van der Waals surface area contributed by atoms with Crippen LogP contribution in [-0.2, 0) is 6.42 Å². The first-order valence-electron chi connectivity index (χ1n) is 6.76. The highest BCUT2D eigenvalue weighted by atomic mass is 35.5. The number of hydrogen-bond donors (Lipinski definition) is 0. The smallest absolute Gasteiger partial charge is 0.167 e. The van der Waals surface area contributed by atoms with Crippen LogP contribution in [0.3, 0.4) is 0 Å². The van der Waals surface area contributed by atoms with E-state index in [4.69, 9.17) is 16.3 Å². The van der Waals surface area contributed by atoms with E-state index in [1.807, 2.05) is 42.5 Å². The first kappa shape index (κ1) is 13.2. The number of benzene rings is 2. The minimum Gasteiger partial charge on any atom is -0.490 e. The summed E-state index contributed by atoms with van der Waals surface area (Å²) in [5.41, 5.74) is 1.52. The highest BCUT2D eigenvalue weighted by Crippen LogP contribution is 2.27. The van der Waals surface area contributed by atoms with Crippen LogP contribution in [0.5, 0.6) is 5.75 Å². The standard InChI is InChI=1S/C17H15ClO2/c18-16-7-2-1-4-12(16)11-17(19)13-5-3-6-15(10-13)20-14-8-9-14/h1-7,10,14H,8-9,11H2. The van der Waals surface area contributed by atoms with Crippen LogP contribution in [0.15, 0.2) is 48.5 Å². The third kappa shape index (κ3) is 3.20.